The smallest absolute Gasteiger partial charge is 0.407 e. The van der Waals surface area contributed by atoms with E-state index in [2.05, 4.69) is 63.6 Å². The van der Waals surface area contributed by atoms with Crippen LogP contribution in [0.3, 0.4) is 0 Å². The van der Waals surface area contributed by atoms with Crippen LogP contribution in [0.4, 0.5) is 9.59 Å². The molecule has 0 spiro atoms. The van der Waals surface area contributed by atoms with Crippen molar-refractivity contribution in [2.45, 2.75) is 77.5 Å². The number of nitrogens with zero attached hydrogens (tertiary/aromatic N) is 5. The first-order valence-electron chi connectivity index (χ1n) is 18.7. The van der Waals surface area contributed by atoms with E-state index in [1.807, 2.05) is 37.2 Å². The van der Waals surface area contributed by atoms with E-state index < -0.39 is 18.2 Å². The summed E-state index contributed by atoms with van der Waals surface area (Å²) in [5.74, 6) is 1.69. The fraction of sp³-hybridized carbons (Fsp3) is 0.487. The molecule has 4 N–H and O–H groups in total. The van der Waals surface area contributed by atoms with Crippen molar-refractivity contribution in [2.24, 2.45) is 11.8 Å². The van der Waals surface area contributed by atoms with Gasteiger partial charge in [-0.15, -0.1) is 11.3 Å². The normalized spacial score (nSPS) is 18.9. The van der Waals surface area contributed by atoms with Crippen LogP contribution in [0.5, 0.6) is 0 Å². The number of nitrogens with one attached hydrogen (secondary N) is 4. The first kappa shape index (κ1) is 37.3. The lowest BCUT2D eigenvalue weighted by molar-refractivity contribution is -0.135. The maximum atomic E-state index is 13.7. The van der Waals surface area contributed by atoms with Crippen LogP contribution in [0.1, 0.15) is 77.1 Å². The lowest BCUT2D eigenvalue weighted by Crippen LogP contribution is -2.51. The largest absolute Gasteiger partial charge is 0.453 e. The molecule has 0 unspecified atom stereocenters. The van der Waals surface area contributed by atoms with Crippen molar-refractivity contribution in [3.63, 3.8) is 0 Å². The Kier molecular flexibility index (Phi) is 10.9. The molecule has 5 heterocycles. The highest BCUT2D eigenvalue weighted by atomic mass is 32.1. The summed E-state index contributed by atoms with van der Waals surface area (Å²) in [6.45, 7) is 10.3. The summed E-state index contributed by atoms with van der Waals surface area (Å²) < 4.78 is 9.64. The van der Waals surface area contributed by atoms with Gasteiger partial charge in [0.05, 0.1) is 54.1 Å². The number of ether oxygens (including phenoxy) is 2. The predicted molar refractivity (Wildman–Crippen MR) is 208 cm³/mol. The molecule has 2 aromatic carbocycles. The van der Waals surface area contributed by atoms with Gasteiger partial charge in [-0.25, -0.2) is 24.5 Å². The zero-order valence-corrected chi connectivity index (χ0v) is 32.5. The molecule has 0 saturated carbocycles. The highest BCUT2D eigenvalue weighted by Crippen LogP contribution is 2.38. The van der Waals surface area contributed by atoms with Gasteiger partial charge in [-0.2, -0.15) is 0 Å². The van der Waals surface area contributed by atoms with Gasteiger partial charge in [0, 0.05) is 36.3 Å². The third-order valence-electron chi connectivity index (χ3n) is 10.8. The highest BCUT2D eigenvalue weighted by Gasteiger charge is 2.38. The molecule has 0 radical (unpaired) electrons. The second-order valence-corrected chi connectivity index (χ2v) is 15.9. The standard InChI is InChI=1S/C39H49N9O5S/c1-21(2)28(44-38(50)52-5)20-47-15-7-9-29(47)34-40-18-27(43-34)31-19-41-36(54-31)24-11-13-25-23(17-24)12-14-26-33(25)45-35(42-26)30-10-8-16-48(30)37(49)32(22(3)4)46-39(51)53-6/h11-14,17-19,21-22,28-30,32H,7-10,15-16,20H2,1-6H3,(H,40,43)(H,42,45)(H,44,50)(H,46,51)/t28-,29+,30+,32+/m1/s1. The molecule has 0 aliphatic carbocycles. The monoisotopic (exact) mass is 755 g/mol. The van der Waals surface area contributed by atoms with E-state index in [-0.39, 0.29) is 35.9 Å². The second kappa shape index (κ2) is 15.8. The molecule has 54 heavy (non-hydrogen) atoms. The van der Waals surface area contributed by atoms with Crippen molar-refractivity contribution in [1.29, 1.82) is 0 Å². The summed E-state index contributed by atoms with van der Waals surface area (Å²) in [7, 11) is 2.69. The van der Waals surface area contributed by atoms with Gasteiger partial charge in [0.1, 0.15) is 22.7 Å². The summed E-state index contributed by atoms with van der Waals surface area (Å²) in [5.41, 5.74) is 3.71. The summed E-state index contributed by atoms with van der Waals surface area (Å²) in [4.78, 5) is 64.5. The van der Waals surface area contributed by atoms with E-state index in [0.717, 1.165) is 93.4 Å². The molecule has 4 atom stereocenters. The number of carbonyl (C=O) groups excluding carboxylic acids is 3. The molecule has 2 aliphatic rings. The van der Waals surface area contributed by atoms with E-state index in [9.17, 15) is 14.4 Å². The number of H-pyrrole nitrogens is 2. The molecule has 5 aromatic rings. The molecular formula is C39H49N9O5S. The Hall–Kier alpha value is -5.02. The minimum Gasteiger partial charge on any atom is -0.453 e. The summed E-state index contributed by atoms with van der Waals surface area (Å²) in [5, 5.41) is 8.71. The summed E-state index contributed by atoms with van der Waals surface area (Å²) in [6.07, 6.45) is 6.46. The Morgan fingerprint density at radius 2 is 1.65 bits per heavy atom. The van der Waals surface area contributed by atoms with Crippen molar-refractivity contribution in [1.82, 2.24) is 45.4 Å². The van der Waals surface area contributed by atoms with Crippen LogP contribution in [0.2, 0.25) is 0 Å². The molecule has 0 bridgehead atoms. The molecule has 14 nitrogen and oxygen atoms in total. The van der Waals surface area contributed by atoms with E-state index >= 15 is 0 Å². The number of methoxy groups -OCH3 is 2. The Bertz CT molecular complexity index is 2140. The molecule has 7 rings (SSSR count). The number of alkyl carbamates (subject to hydrolysis) is 2. The molecule has 286 valence electrons. The third kappa shape index (κ3) is 7.51. The maximum Gasteiger partial charge on any atom is 0.407 e. The molecule has 2 aliphatic heterocycles. The summed E-state index contributed by atoms with van der Waals surface area (Å²) in [6, 6.07) is 9.64. The van der Waals surface area contributed by atoms with Crippen molar-refractivity contribution in [3.8, 4) is 21.1 Å². The molecule has 2 fully saturated rings. The van der Waals surface area contributed by atoms with Gasteiger partial charge in [-0.3, -0.25) is 9.69 Å². The minimum absolute atomic E-state index is 0.0286. The first-order chi connectivity index (χ1) is 26.0. The number of aromatic nitrogens is 5. The number of imidazole rings is 2. The van der Waals surface area contributed by atoms with Crippen molar-refractivity contribution in [2.75, 3.05) is 33.9 Å². The highest BCUT2D eigenvalue weighted by molar-refractivity contribution is 7.18. The van der Waals surface area contributed by atoms with E-state index in [0.29, 0.717) is 6.54 Å². The number of hydrogen-bond acceptors (Lipinski definition) is 10. The van der Waals surface area contributed by atoms with Gasteiger partial charge in [0.15, 0.2) is 0 Å². The van der Waals surface area contributed by atoms with Gasteiger partial charge in [-0.1, -0.05) is 45.9 Å². The topological polar surface area (TPSA) is 170 Å². The van der Waals surface area contributed by atoms with Crippen LogP contribution in [0.25, 0.3) is 42.9 Å². The lowest BCUT2D eigenvalue weighted by atomic mass is 10.0. The quantitative estimate of drug-likeness (QED) is 0.113. The Morgan fingerprint density at radius 1 is 0.889 bits per heavy atom. The molecule has 3 aromatic heterocycles. The van der Waals surface area contributed by atoms with E-state index in [1.165, 1.54) is 14.2 Å². The minimum atomic E-state index is -0.688. The zero-order valence-electron chi connectivity index (χ0n) is 31.6. The van der Waals surface area contributed by atoms with Gasteiger partial charge in [-0.05, 0) is 61.6 Å². The van der Waals surface area contributed by atoms with Crippen molar-refractivity contribution < 1.29 is 23.9 Å². The number of carbonyl (C=O) groups is 3. The maximum absolute atomic E-state index is 13.7. The Labute approximate surface area is 318 Å². The van der Waals surface area contributed by atoms with Crippen LogP contribution >= 0.6 is 11.3 Å². The number of fused-ring (bicyclic) bond motifs is 3. The number of thiazole rings is 1. The first-order valence-corrected chi connectivity index (χ1v) is 19.5. The van der Waals surface area contributed by atoms with Gasteiger partial charge < -0.3 is 35.0 Å². The predicted octanol–water partition coefficient (Wildman–Crippen LogP) is 6.79. The van der Waals surface area contributed by atoms with E-state index in [1.54, 1.807) is 11.3 Å². The lowest BCUT2D eigenvalue weighted by Gasteiger charge is -2.30. The van der Waals surface area contributed by atoms with Gasteiger partial charge >= 0.3 is 12.2 Å². The van der Waals surface area contributed by atoms with Crippen LogP contribution in [-0.2, 0) is 14.3 Å². The number of likely N-dealkylation sites (tertiary alicyclic amines) is 2. The number of benzene rings is 2. The third-order valence-corrected chi connectivity index (χ3v) is 11.8. The Balaban J connectivity index is 1.08. The number of rotatable bonds is 11. The van der Waals surface area contributed by atoms with Crippen LogP contribution in [0.15, 0.2) is 42.7 Å². The van der Waals surface area contributed by atoms with E-state index in [4.69, 9.17) is 24.4 Å². The van der Waals surface area contributed by atoms with Gasteiger partial charge in [0.2, 0.25) is 5.91 Å². The van der Waals surface area contributed by atoms with Crippen molar-refractivity contribution in [3.05, 3.63) is 54.4 Å². The zero-order chi connectivity index (χ0) is 38.1. The SMILES string of the molecule is COC(=O)N[C@H](C(=O)N1CCC[C@H]1c1nc2ccc3cc(-c4ncc(-c5cnc([C@@H]6CCCN6C[C@@H](NC(=O)OC)C(C)C)[nH]5)s4)ccc3c2[nH]1)C(C)C. The number of aromatic amines is 2. The van der Waals surface area contributed by atoms with Crippen LogP contribution < -0.4 is 10.6 Å². The molecule has 2 saturated heterocycles. The van der Waals surface area contributed by atoms with Gasteiger partial charge in [0.25, 0.3) is 0 Å². The van der Waals surface area contributed by atoms with Crippen LogP contribution in [0, 0.1) is 11.8 Å². The molecule has 15 heteroatoms. The van der Waals surface area contributed by atoms with Crippen molar-refractivity contribution >= 4 is 51.2 Å². The fourth-order valence-corrected chi connectivity index (χ4v) is 8.59. The average molecular weight is 756 g/mol. The van der Waals surface area contributed by atoms with Crippen LogP contribution in [-0.4, -0.2) is 98.8 Å². The Morgan fingerprint density at radius 3 is 2.41 bits per heavy atom. The fourth-order valence-electron chi connectivity index (χ4n) is 7.72. The average Bonchev–Trinajstić information content (AvgIpc) is 4.01. The number of amides is 3. The summed E-state index contributed by atoms with van der Waals surface area (Å²) >= 11 is 1.62. The molecule has 3 amide bonds. The second-order valence-electron chi connectivity index (χ2n) is 14.9. The number of hydrogen-bond donors (Lipinski definition) is 4. The molecular weight excluding hydrogens is 707 g/mol.